The number of nitrogens with two attached hydrogens (primary N) is 1. The van der Waals surface area contributed by atoms with Crippen LogP contribution in [0.5, 0.6) is 0 Å². The van der Waals surface area contributed by atoms with Crippen molar-refractivity contribution < 1.29 is 0 Å². The van der Waals surface area contributed by atoms with Gasteiger partial charge in [0.2, 0.25) is 0 Å². The number of thiophene rings is 1. The molecule has 2 nitrogen and oxygen atoms in total. The molecule has 0 aliphatic heterocycles. The normalized spacial score (nSPS) is 10.0. The van der Waals surface area contributed by atoms with E-state index in [0.29, 0.717) is 4.99 Å². The number of benzene rings is 1. The molecule has 0 atom stereocenters. The van der Waals surface area contributed by atoms with Gasteiger partial charge in [0.15, 0.2) is 0 Å². The molecule has 2 aromatic rings. The van der Waals surface area contributed by atoms with Gasteiger partial charge in [0, 0.05) is 17.8 Å². The van der Waals surface area contributed by atoms with Crippen LogP contribution in [0.3, 0.4) is 0 Å². The van der Waals surface area contributed by atoms with E-state index in [1.54, 1.807) is 11.3 Å². The van der Waals surface area contributed by atoms with E-state index in [9.17, 15) is 0 Å². The van der Waals surface area contributed by atoms with Crippen molar-refractivity contribution >= 4 is 34.2 Å². The third kappa shape index (κ3) is 2.59. The maximum atomic E-state index is 5.66. The molecule has 0 amide bonds. The third-order valence-electron chi connectivity index (χ3n) is 2.26. The van der Waals surface area contributed by atoms with Crippen LogP contribution in [0.15, 0.2) is 41.1 Å². The Morgan fingerprint density at radius 3 is 2.81 bits per heavy atom. The van der Waals surface area contributed by atoms with Crippen LogP contribution in [0, 0.1) is 0 Å². The lowest BCUT2D eigenvalue weighted by Crippen LogP contribution is -2.12. The molecule has 0 aliphatic rings. The van der Waals surface area contributed by atoms with Gasteiger partial charge < -0.3 is 11.1 Å². The topological polar surface area (TPSA) is 38.0 Å². The monoisotopic (exact) mass is 248 g/mol. The second kappa shape index (κ2) is 5.09. The first-order chi connectivity index (χ1) is 7.77. The molecule has 2 rings (SSSR count). The van der Waals surface area contributed by atoms with Crippen LogP contribution in [-0.2, 0) is 6.54 Å². The molecule has 1 heterocycles. The molecule has 3 N–H and O–H groups in total. The number of thiocarbonyl (C=S) groups is 1. The second-order valence-corrected chi connectivity index (χ2v) is 4.61. The number of para-hydroxylation sites is 1. The Labute approximate surface area is 104 Å². The van der Waals surface area contributed by atoms with Gasteiger partial charge in [0.1, 0.15) is 4.99 Å². The smallest absolute Gasteiger partial charge is 0.106 e. The summed E-state index contributed by atoms with van der Waals surface area (Å²) in [5, 5.41) is 7.52. The molecule has 0 unspecified atom stereocenters. The molecule has 82 valence electrons. The molecule has 0 aliphatic carbocycles. The Balaban J connectivity index is 2.12. The molecule has 16 heavy (non-hydrogen) atoms. The molecule has 0 saturated heterocycles. The van der Waals surface area contributed by atoms with E-state index in [0.717, 1.165) is 17.8 Å². The molecule has 0 fully saturated rings. The zero-order valence-electron chi connectivity index (χ0n) is 8.64. The van der Waals surface area contributed by atoms with E-state index in [-0.39, 0.29) is 0 Å². The minimum atomic E-state index is 0.424. The predicted molar refractivity (Wildman–Crippen MR) is 74.0 cm³/mol. The zero-order valence-corrected chi connectivity index (χ0v) is 10.3. The van der Waals surface area contributed by atoms with Gasteiger partial charge >= 0.3 is 0 Å². The summed E-state index contributed by atoms with van der Waals surface area (Å²) >= 11 is 6.70. The summed E-state index contributed by atoms with van der Waals surface area (Å²) in [5.41, 5.74) is 8.81. The Morgan fingerprint density at radius 2 is 2.12 bits per heavy atom. The number of nitrogens with one attached hydrogen (secondary N) is 1. The Kier molecular flexibility index (Phi) is 3.54. The van der Waals surface area contributed by atoms with E-state index in [1.165, 1.54) is 5.56 Å². The van der Waals surface area contributed by atoms with E-state index >= 15 is 0 Å². The van der Waals surface area contributed by atoms with Crippen LogP contribution in [0.2, 0.25) is 0 Å². The van der Waals surface area contributed by atoms with Crippen LogP contribution in [0.4, 0.5) is 5.69 Å². The van der Waals surface area contributed by atoms with Crippen molar-refractivity contribution in [3.8, 4) is 0 Å². The Morgan fingerprint density at radius 1 is 1.31 bits per heavy atom. The number of rotatable bonds is 4. The highest BCUT2D eigenvalue weighted by Crippen LogP contribution is 2.16. The first-order valence-corrected chi connectivity index (χ1v) is 6.26. The maximum Gasteiger partial charge on any atom is 0.106 e. The maximum absolute atomic E-state index is 5.66. The number of hydrogen-bond acceptors (Lipinski definition) is 3. The quantitative estimate of drug-likeness (QED) is 0.817. The van der Waals surface area contributed by atoms with Crippen LogP contribution in [-0.4, -0.2) is 4.99 Å². The van der Waals surface area contributed by atoms with E-state index in [1.807, 2.05) is 24.3 Å². The van der Waals surface area contributed by atoms with Crippen molar-refractivity contribution in [2.24, 2.45) is 5.73 Å². The van der Waals surface area contributed by atoms with Gasteiger partial charge in [-0.15, -0.1) is 0 Å². The van der Waals surface area contributed by atoms with Gasteiger partial charge in [-0.3, -0.25) is 0 Å². The van der Waals surface area contributed by atoms with Crippen LogP contribution < -0.4 is 11.1 Å². The van der Waals surface area contributed by atoms with Gasteiger partial charge in [-0.2, -0.15) is 11.3 Å². The first kappa shape index (κ1) is 11.1. The minimum Gasteiger partial charge on any atom is -0.389 e. The van der Waals surface area contributed by atoms with Gasteiger partial charge in [-0.05, 0) is 34.5 Å². The minimum absolute atomic E-state index is 0.424. The molecule has 1 aromatic carbocycles. The fraction of sp³-hybridized carbons (Fsp3) is 0.0833. The molecule has 0 radical (unpaired) electrons. The Hall–Kier alpha value is -1.39. The fourth-order valence-corrected chi connectivity index (χ4v) is 2.29. The summed E-state index contributed by atoms with van der Waals surface area (Å²) in [6.07, 6.45) is 0. The molecule has 4 heteroatoms. The molecule has 1 aromatic heterocycles. The van der Waals surface area contributed by atoms with Crippen molar-refractivity contribution in [1.29, 1.82) is 0 Å². The average Bonchev–Trinajstić information content (AvgIpc) is 2.79. The zero-order chi connectivity index (χ0) is 11.4. The molecular formula is C12H12N2S2. The van der Waals surface area contributed by atoms with Gasteiger partial charge in [-0.1, -0.05) is 24.4 Å². The highest BCUT2D eigenvalue weighted by atomic mass is 32.1. The SMILES string of the molecule is NC(=S)c1ccccc1NCc1ccsc1. The lowest BCUT2D eigenvalue weighted by Gasteiger charge is -2.09. The average molecular weight is 248 g/mol. The lowest BCUT2D eigenvalue weighted by atomic mass is 10.1. The van der Waals surface area contributed by atoms with Crippen molar-refractivity contribution in [2.75, 3.05) is 5.32 Å². The van der Waals surface area contributed by atoms with Gasteiger partial charge in [0.25, 0.3) is 0 Å². The van der Waals surface area contributed by atoms with Crippen LogP contribution in [0.25, 0.3) is 0 Å². The Bertz CT molecular complexity index is 478. The summed E-state index contributed by atoms with van der Waals surface area (Å²) in [6.45, 7) is 0.795. The van der Waals surface area contributed by atoms with Crippen LogP contribution >= 0.6 is 23.6 Å². The largest absolute Gasteiger partial charge is 0.389 e. The number of anilines is 1. The fourth-order valence-electron chi connectivity index (χ4n) is 1.44. The lowest BCUT2D eigenvalue weighted by molar-refractivity contribution is 1.16. The third-order valence-corrected chi connectivity index (χ3v) is 3.21. The molecular weight excluding hydrogens is 236 g/mol. The summed E-state index contributed by atoms with van der Waals surface area (Å²) < 4.78 is 0. The van der Waals surface area contributed by atoms with Gasteiger partial charge in [-0.25, -0.2) is 0 Å². The van der Waals surface area contributed by atoms with Crippen molar-refractivity contribution in [1.82, 2.24) is 0 Å². The summed E-state index contributed by atoms with van der Waals surface area (Å²) in [4.78, 5) is 0.424. The van der Waals surface area contributed by atoms with Crippen molar-refractivity contribution in [3.63, 3.8) is 0 Å². The first-order valence-electron chi connectivity index (χ1n) is 4.91. The summed E-state index contributed by atoms with van der Waals surface area (Å²) in [5.74, 6) is 0. The van der Waals surface area contributed by atoms with Crippen LogP contribution in [0.1, 0.15) is 11.1 Å². The van der Waals surface area contributed by atoms with Crippen molar-refractivity contribution in [2.45, 2.75) is 6.54 Å². The summed E-state index contributed by atoms with van der Waals surface area (Å²) in [6, 6.07) is 9.92. The summed E-state index contributed by atoms with van der Waals surface area (Å²) in [7, 11) is 0. The second-order valence-electron chi connectivity index (χ2n) is 3.39. The van der Waals surface area contributed by atoms with E-state index < -0.39 is 0 Å². The highest BCUT2D eigenvalue weighted by Gasteiger charge is 2.03. The predicted octanol–water partition coefficient (Wildman–Crippen LogP) is 2.99. The number of hydrogen-bond donors (Lipinski definition) is 2. The highest BCUT2D eigenvalue weighted by molar-refractivity contribution is 7.80. The molecule has 0 saturated carbocycles. The molecule has 0 spiro atoms. The van der Waals surface area contributed by atoms with E-state index in [4.69, 9.17) is 18.0 Å². The van der Waals surface area contributed by atoms with Crippen molar-refractivity contribution in [3.05, 3.63) is 52.2 Å². The van der Waals surface area contributed by atoms with E-state index in [2.05, 4.69) is 22.1 Å². The molecule has 0 bridgehead atoms. The standard InChI is InChI=1S/C12H12N2S2/c13-12(15)10-3-1-2-4-11(10)14-7-9-5-6-16-8-9/h1-6,8,14H,7H2,(H2,13,15). The van der Waals surface area contributed by atoms with Gasteiger partial charge in [0.05, 0.1) is 0 Å².